The van der Waals surface area contributed by atoms with E-state index in [-0.39, 0.29) is 6.04 Å². The van der Waals surface area contributed by atoms with Gasteiger partial charge in [-0.2, -0.15) is 0 Å². The molecule has 0 fully saturated rings. The quantitative estimate of drug-likeness (QED) is 0.756. The van der Waals surface area contributed by atoms with Crippen molar-refractivity contribution in [3.05, 3.63) is 53.7 Å². The fourth-order valence-corrected chi connectivity index (χ4v) is 3.78. The molecule has 5 heteroatoms. The van der Waals surface area contributed by atoms with Gasteiger partial charge in [-0.15, -0.1) is 11.3 Å². The van der Waals surface area contributed by atoms with Crippen molar-refractivity contribution < 1.29 is 0 Å². The van der Waals surface area contributed by atoms with Crippen molar-refractivity contribution >= 4 is 17.0 Å². The minimum atomic E-state index is 0.239. The van der Waals surface area contributed by atoms with Gasteiger partial charge in [0.1, 0.15) is 5.01 Å². The Kier molecular flexibility index (Phi) is 4.92. The van der Waals surface area contributed by atoms with E-state index < -0.39 is 0 Å². The average Bonchev–Trinajstić information content (AvgIpc) is 3.07. The first kappa shape index (κ1) is 16.6. The Labute approximate surface area is 147 Å². The van der Waals surface area contributed by atoms with Crippen LogP contribution in [0, 0.1) is 0 Å². The number of thiazole rings is 1. The molecule has 0 amide bonds. The maximum atomic E-state index is 4.99. The van der Waals surface area contributed by atoms with E-state index in [1.807, 2.05) is 31.6 Å². The van der Waals surface area contributed by atoms with Gasteiger partial charge in [-0.3, -0.25) is 4.98 Å². The second kappa shape index (κ2) is 7.11. The molecule has 1 unspecified atom stereocenters. The maximum absolute atomic E-state index is 4.99. The Morgan fingerprint density at radius 3 is 2.46 bits per heavy atom. The molecule has 0 aliphatic heterocycles. The van der Waals surface area contributed by atoms with Crippen LogP contribution in [-0.2, 0) is 0 Å². The first-order chi connectivity index (χ1) is 11.6. The standard InChI is InChI=1S/C19H22N4S/c1-13(20-2)18-17(15-7-5-6-8-16(15)23(3)4)22-19(24-18)14-9-11-21-12-10-14/h5-13,20H,1-4H3. The molecule has 0 radical (unpaired) electrons. The van der Waals surface area contributed by atoms with E-state index in [1.54, 1.807) is 11.3 Å². The minimum Gasteiger partial charge on any atom is -0.377 e. The predicted octanol–water partition coefficient (Wildman–Crippen LogP) is 4.22. The Morgan fingerprint density at radius 1 is 1.08 bits per heavy atom. The highest BCUT2D eigenvalue weighted by atomic mass is 32.1. The molecule has 0 aliphatic rings. The molecule has 0 aliphatic carbocycles. The van der Waals surface area contributed by atoms with Crippen LogP contribution in [0.2, 0.25) is 0 Å². The normalized spacial score (nSPS) is 12.2. The van der Waals surface area contributed by atoms with Gasteiger partial charge in [-0.05, 0) is 32.2 Å². The highest BCUT2D eigenvalue weighted by molar-refractivity contribution is 7.15. The van der Waals surface area contributed by atoms with Crippen LogP contribution in [0.1, 0.15) is 17.8 Å². The molecule has 1 N–H and O–H groups in total. The lowest BCUT2D eigenvalue weighted by molar-refractivity contribution is 0.664. The van der Waals surface area contributed by atoms with Gasteiger partial charge < -0.3 is 10.2 Å². The fraction of sp³-hybridized carbons (Fsp3) is 0.263. The fourth-order valence-electron chi connectivity index (χ4n) is 2.63. The van der Waals surface area contributed by atoms with Crippen LogP contribution in [0.15, 0.2) is 48.8 Å². The monoisotopic (exact) mass is 338 g/mol. The SMILES string of the molecule is CNC(C)c1sc(-c2ccncc2)nc1-c1ccccc1N(C)C. The zero-order valence-corrected chi connectivity index (χ0v) is 15.3. The third-order valence-corrected chi connectivity index (χ3v) is 5.34. The molecule has 1 atom stereocenters. The highest BCUT2D eigenvalue weighted by Crippen LogP contribution is 2.40. The van der Waals surface area contributed by atoms with Crippen molar-refractivity contribution in [3.63, 3.8) is 0 Å². The zero-order chi connectivity index (χ0) is 17.1. The van der Waals surface area contributed by atoms with Gasteiger partial charge in [-0.1, -0.05) is 18.2 Å². The molecule has 0 saturated carbocycles. The third kappa shape index (κ3) is 3.18. The van der Waals surface area contributed by atoms with E-state index in [4.69, 9.17) is 4.98 Å². The molecule has 3 aromatic rings. The lowest BCUT2D eigenvalue weighted by Gasteiger charge is -2.18. The number of para-hydroxylation sites is 1. The molecule has 3 rings (SSSR count). The van der Waals surface area contributed by atoms with Gasteiger partial charge in [0.05, 0.1) is 5.69 Å². The van der Waals surface area contributed by atoms with Crippen molar-refractivity contribution in [2.45, 2.75) is 13.0 Å². The van der Waals surface area contributed by atoms with Crippen molar-refractivity contribution in [3.8, 4) is 21.8 Å². The topological polar surface area (TPSA) is 41.1 Å². The predicted molar refractivity (Wildman–Crippen MR) is 103 cm³/mol. The third-order valence-electron chi connectivity index (χ3n) is 4.05. The van der Waals surface area contributed by atoms with Crippen molar-refractivity contribution in [2.24, 2.45) is 0 Å². The van der Waals surface area contributed by atoms with Gasteiger partial charge >= 0.3 is 0 Å². The molecule has 2 aromatic heterocycles. The van der Waals surface area contributed by atoms with Crippen LogP contribution < -0.4 is 10.2 Å². The number of benzene rings is 1. The maximum Gasteiger partial charge on any atom is 0.124 e. The van der Waals surface area contributed by atoms with E-state index in [0.717, 1.165) is 21.8 Å². The summed E-state index contributed by atoms with van der Waals surface area (Å²) >= 11 is 1.74. The van der Waals surface area contributed by atoms with Crippen LogP contribution in [-0.4, -0.2) is 31.1 Å². The number of rotatable bonds is 5. The summed E-state index contributed by atoms with van der Waals surface area (Å²) < 4.78 is 0. The van der Waals surface area contributed by atoms with Crippen LogP contribution >= 0.6 is 11.3 Å². The summed E-state index contributed by atoms with van der Waals surface area (Å²) in [7, 11) is 6.12. The van der Waals surface area contributed by atoms with E-state index >= 15 is 0 Å². The average molecular weight is 338 g/mol. The molecule has 0 saturated heterocycles. The largest absolute Gasteiger partial charge is 0.377 e. The molecule has 24 heavy (non-hydrogen) atoms. The number of anilines is 1. The van der Waals surface area contributed by atoms with Crippen LogP contribution in [0.25, 0.3) is 21.8 Å². The van der Waals surface area contributed by atoms with E-state index in [2.05, 4.69) is 60.5 Å². The summed E-state index contributed by atoms with van der Waals surface area (Å²) in [5.41, 5.74) is 4.50. The van der Waals surface area contributed by atoms with Gasteiger partial charge in [0, 0.05) is 54.2 Å². The number of nitrogens with zero attached hydrogens (tertiary/aromatic N) is 3. The summed E-state index contributed by atoms with van der Waals surface area (Å²) in [6, 6.07) is 12.7. The van der Waals surface area contributed by atoms with Crippen LogP contribution in [0.5, 0.6) is 0 Å². The van der Waals surface area contributed by atoms with Gasteiger partial charge in [0.15, 0.2) is 0 Å². The highest BCUT2D eigenvalue weighted by Gasteiger charge is 2.20. The number of pyridine rings is 1. The molecule has 2 heterocycles. The molecule has 4 nitrogen and oxygen atoms in total. The molecule has 1 aromatic carbocycles. The molecule has 0 bridgehead atoms. The Bertz CT molecular complexity index is 811. The lowest BCUT2D eigenvalue weighted by Crippen LogP contribution is -2.13. The number of hydrogen-bond donors (Lipinski definition) is 1. The van der Waals surface area contributed by atoms with Crippen LogP contribution in [0.3, 0.4) is 0 Å². The van der Waals surface area contributed by atoms with Gasteiger partial charge in [-0.25, -0.2) is 4.98 Å². The number of nitrogens with one attached hydrogen (secondary N) is 1. The van der Waals surface area contributed by atoms with Gasteiger partial charge in [0.2, 0.25) is 0 Å². The number of hydrogen-bond acceptors (Lipinski definition) is 5. The number of aromatic nitrogens is 2. The lowest BCUT2D eigenvalue weighted by atomic mass is 10.1. The van der Waals surface area contributed by atoms with Crippen molar-refractivity contribution in [1.29, 1.82) is 0 Å². The Hall–Kier alpha value is -2.24. The van der Waals surface area contributed by atoms with Crippen molar-refractivity contribution in [2.75, 3.05) is 26.0 Å². The van der Waals surface area contributed by atoms with Gasteiger partial charge in [0.25, 0.3) is 0 Å². The Balaban J connectivity index is 2.18. The van der Waals surface area contributed by atoms with Crippen molar-refractivity contribution in [1.82, 2.24) is 15.3 Å². The van der Waals surface area contributed by atoms with E-state index in [9.17, 15) is 0 Å². The summed E-state index contributed by atoms with van der Waals surface area (Å²) in [6.07, 6.45) is 3.62. The Morgan fingerprint density at radius 2 is 1.79 bits per heavy atom. The second-order valence-corrected chi connectivity index (χ2v) is 6.92. The molecular weight excluding hydrogens is 316 g/mol. The van der Waals surface area contributed by atoms with E-state index in [0.29, 0.717) is 0 Å². The summed E-state index contributed by atoms with van der Waals surface area (Å²) in [5, 5.41) is 4.38. The first-order valence-electron chi connectivity index (χ1n) is 7.97. The molecule has 124 valence electrons. The molecule has 0 spiro atoms. The first-order valence-corrected chi connectivity index (χ1v) is 8.78. The van der Waals surface area contributed by atoms with E-state index in [1.165, 1.54) is 10.6 Å². The van der Waals surface area contributed by atoms with Crippen LogP contribution in [0.4, 0.5) is 5.69 Å². The molecular formula is C19H22N4S. The summed E-state index contributed by atoms with van der Waals surface area (Å²) in [5.74, 6) is 0. The summed E-state index contributed by atoms with van der Waals surface area (Å²) in [4.78, 5) is 12.5. The second-order valence-electron chi connectivity index (χ2n) is 5.89. The minimum absolute atomic E-state index is 0.239. The summed E-state index contributed by atoms with van der Waals surface area (Å²) in [6.45, 7) is 2.17. The smallest absolute Gasteiger partial charge is 0.124 e. The zero-order valence-electron chi connectivity index (χ0n) is 14.4.